The molecule has 0 atom stereocenters. The summed E-state index contributed by atoms with van der Waals surface area (Å²) < 4.78 is 21.6. The van der Waals surface area contributed by atoms with Gasteiger partial charge in [0, 0.05) is 6.20 Å². The van der Waals surface area contributed by atoms with Crippen LogP contribution in [0, 0.1) is 0 Å². The Morgan fingerprint density at radius 1 is 1.33 bits per heavy atom. The Kier molecular flexibility index (Phi) is 5.05. The van der Waals surface area contributed by atoms with Gasteiger partial charge in [0.2, 0.25) is 5.88 Å². The van der Waals surface area contributed by atoms with E-state index in [2.05, 4.69) is 4.98 Å². The Morgan fingerprint density at radius 3 is 3.00 bits per heavy atom. The first-order valence-electron chi connectivity index (χ1n) is 7.52. The molecule has 0 N–H and O–H groups in total. The second-order valence-electron chi connectivity index (χ2n) is 4.97. The monoisotopic (exact) mass is 349 g/mol. The fourth-order valence-corrected chi connectivity index (χ4v) is 2.56. The van der Waals surface area contributed by atoms with Crippen LogP contribution in [0.2, 0.25) is 5.02 Å². The van der Waals surface area contributed by atoms with Crippen LogP contribution in [0.15, 0.2) is 30.5 Å². The third kappa shape index (κ3) is 3.54. The van der Waals surface area contributed by atoms with Crippen molar-refractivity contribution in [2.24, 2.45) is 0 Å². The Labute approximate surface area is 144 Å². The van der Waals surface area contributed by atoms with Gasteiger partial charge in [-0.1, -0.05) is 11.6 Å². The molecular weight excluding hydrogens is 334 g/mol. The summed E-state index contributed by atoms with van der Waals surface area (Å²) in [5, 5.41) is 0.426. The lowest BCUT2D eigenvalue weighted by molar-refractivity contribution is 0.0466. The van der Waals surface area contributed by atoms with Gasteiger partial charge in [-0.05, 0) is 36.8 Å². The van der Waals surface area contributed by atoms with Crippen LogP contribution in [-0.4, -0.2) is 30.8 Å². The molecule has 0 saturated heterocycles. The summed E-state index contributed by atoms with van der Waals surface area (Å²) in [6, 6.07) is 6.70. The molecule has 0 fully saturated rings. The summed E-state index contributed by atoms with van der Waals surface area (Å²) in [6.45, 7) is 3.20. The van der Waals surface area contributed by atoms with Gasteiger partial charge >= 0.3 is 5.97 Å². The van der Waals surface area contributed by atoms with Crippen molar-refractivity contribution in [1.29, 1.82) is 0 Å². The summed E-state index contributed by atoms with van der Waals surface area (Å²) in [5.74, 6) is 0.808. The normalized spacial score (nSPS) is 12.6. The number of carbonyl (C=O) groups is 1. The van der Waals surface area contributed by atoms with Gasteiger partial charge in [-0.25, -0.2) is 9.78 Å². The first-order valence-corrected chi connectivity index (χ1v) is 7.89. The third-order valence-corrected chi connectivity index (χ3v) is 3.58. The van der Waals surface area contributed by atoms with Crippen LogP contribution in [0.1, 0.15) is 22.8 Å². The molecule has 2 heterocycles. The molecule has 0 bridgehead atoms. The fraction of sp³-hybridized carbons (Fsp3) is 0.294. The molecule has 2 aromatic rings. The van der Waals surface area contributed by atoms with Crippen LogP contribution in [0.5, 0.6) is 17.4 Å². The predicted octanol–water partition coefficient (Wildman–Crippen LogP) is 3.26. The standard InChI is InChI=1S/C17H16ClNO5/c1-2-21-16-12(4-3-5-19-16)17(20)24-10-11-8-13(18)15-14(9-11)22-6-7-23-15/h3-5,8-9H,2,6-7,10H2,1H3. The lowest BCUT2D eigenvalue weighted by atomic mass is 10.2. The quantitative estimate of drug-likeness (QED) is 0.772. The van der Waals surface area contributed by atoms with Crippen LogP contribution >= 0.6 is 11.6 Å². The predicted molar refractivity (Wildman–Crippen MR) is 87.0 cm³/mol. The number of rotatable bonds is 5. The van der Waals surface area contributed by atoms with Crippen molar-refractivity contribution in [2.45, 2.75) is 13.5 Å². The first kappa shape index (κ1) is 16.4. The molecule has 3 rings (SSSR count). The Bertz CT molecular complexity index is 750. The fourth-order valence-electron chi connectivity index (χ4n) is 2.27. The molecule has 0 unspecified atom stereocenters. The van der Waals surface area contributed by atoms with Crippen molar-refractivity contribution >= 4 is 17.6 Å². The second-order valence-corrected chi connectivity index (χ2v) is 5.37. The Morgan fingerprint density at radius 2 is 2.17 bits per heavy atom. The number of carbonyl (C=O) groups excluding carboxylic acids is 1. The van der Waals surface area contributed by atoms with Gasteiger partial charge in [-0.2, -0.15) is 0 Å². The highest BCUT2D eigenvalue weighted by atomic mass is 35.5. The molecule has 1 aliphatic heterocycles. The number of esters is 1. The maximum absolute atomic E-state index is 12.3. The van der Waals surface area contributed by atoms with E-state index in [1.165, 1.54) is 0 Å². The molecule has 24 heavy (non-hydrogen) atoms. The maximum atomic E-state index is 12.3. The molecule has 0 aliphatic carbocycles. The molecule has 6 nitrogen and oxygen atoms in total. The third-order valence-electron chi connectivity index (χ3n) is 3.30. The minimum Gasteiger partial charge on any atom is -0.486 e. The van der Waals surface area contributed by atoms with Crippen LogP contribution < -0.4 is 14.2 Å². The highest BCUT2D eigenvalue weighted by molar-refractivity contribution is 6.32. The van der Waals surface area contributed by atoms with Crippen LogP contribution in [0.3, 0.4) is 0 Å². The minimum absolute atomic E-state index is 0.0512. The van der Waals surface area contributed by atoms with E-state index in [9.17, 15) is 4.79 Å². The number of hydrogen-bond donors (Lipinski definition) is 0. The molecule has 0 saturated carbocycles. The lowest BCUT2D eigenvalue weighted by Gasteiger charge is -2.20. The molecule has 1 aromatic carbocycles. The van der Waals surface area contributed by atoms with Gasteiger partial charge < -0.3 is 18.9 Å². The van der Waals surface area contributed by atoms with E-state index in [0.29, 0.717) is 41.9 Å². The molecule has 1 aromatic heterocycles. The van der Waals surface area contributed by atoms with Crippen molar-refractivity contribution in [3.63, 3.8) is 0 Å². The minimum atomic E-state index is -0.516. The number of nitrogens with zero attached hydrogens (tertiary/aromatic N) is 1. The zero-order valence-corrected chi connectivity index (χ0v) is 13.8. The number of aromatic nitrogens is 1. The number of benzene rings is 1. The lowest BCUT2D eigenvalue weighted by Crippen LogP contribution is -2.16. The van der Waals surface area contributed by atoms with Gasteiger partial charge in [-0.3, -0.25) is 0 Å². The zero-order valence-electron chi connectivity index (χ0n) is 13.1. The highest BCUT2D eigenvalue weighted by Crippen LogP contribution is 2.38. The highest BCUT2D eigenvalue weighted by Gasteiger charge is 2.19. The van der Waals surface area contributed by atoms with Crippen LogP contribution in [-0.2, 0) is 11.3 Å². The van der Waals surface area contributed by atoms with Gasteiger partial charge in [0.25, 0.3) is 0 Å². The molecule has 0 amide bonds. The number of hydrogen-bond acceptors (Lipinski definition) is 6. The second kappa shape index (κ2) is 7.40. The molecule has 1 aliphatic rings. The molecular formula is C17H16ClNO5. The van der Waals surface area contributed by atoms with E-state index in [4.69, 9.17) is 30.5 Å². The number of fused-ring (bicyclic) bond motifs is 1. The topological polar surface area (TPSA) is 66.9 Å². The van der Waals surface area contributed by atoms with E-state index in [0.717, 1.165) is 0 Å². The largest absolute Gasteiger partial charge is 0.486 e. The maximum Gasteiger partial charge on any atom is 0.343 e. The SMILES string of the molecule is CCOc1ncccc1C(=O)OCc1cc(Cl)c2c(c1)OCCO2. The first-order chi connectivity index (χ1) is 11.7. The van der Waals surface area contributed by atoms with Crippen molar-refractivity contribution in [2.75, 3.05) is 19.8 Å². The van der Waals surface area contributed by atoms with Gasteiger partial charge in [-0.15, -0.1) is 0 Å². The van der Waals surface area contributed by atoms with Crippen LogP contribution in [0.25, 0.3) is 0 Å². The number of halogens is 1. The van der Waals surface area contributed by atoms with Crippen molar-refractivity contribution in [1.82, 2.24) is 4.98 Å². The Balaban J connectivity index is 1.72. The molecule has 0 radical (unpaired) electrons. The summed E-state index contributed by atoms with van der Waals surface area (Å²) in [6.07, 6.45) is 1.56. The smallest absolute Gasteiger partial charge is 0.343 e. The van der Waals surface area contributed by atoms with Gasteiger partial charge in [0.05, 0.1) is 11.6 Å². The van der Waals surface area contributed by atoms with E-state index in [-0.39, 0.29) is 18.1 Å². The van der Waals surface area contributed by atoms with E-state index < -0.39 is 5.97 Å². The summed E-state index contributed by atoms with van der Waals surface area (Å²) in [4.78, 5) is 16.3. The van der Waals surface area contributed by atoms with E-state index in [1.54, 1.807) is 30.5 Å². The van der Waals surface area contributed by atoms with Crippen molar-refractivity contribution in [3.05, 3.63) is 46.6 Å². The van der Waals surface area contributed by atoms with Crippen molar-refractivity contribution in [3.8, 4) is 17.4 Å². The molecule has 0 spiro atoms. The van der Waals surface area contributed by atoms with E-state index in [1.807, 2.05) is 6.92 Å². The zero-order chi connectivity index (χ0) is 16.9. The van der Waals surface area contributed by atoms with Crippen molar-refractivity contribution < 1.29 is 23.7 Å². The summed E-state index contributed by atoms with van der Waals surface area (Å²) in [5.41, 5.74) is 0.988. The molecule has 126 valence electrons. The summed E-state index contributed by atoms with van der Waals surface area (Å²) >= 11 is 6.17. The van der Waals surface area contributed by atoms with E-state index >= 15 is 0 Å². The number of pyridine rings is 1. The average molecular weight is 350 g/mol. The van der Waals surface area contributed by atoms with Crippen LogP contribution in [0.4, 0.5) is 0 Å². The number of ether oxygens (including phenoxy) is 4. The Hall–Kier alpha value is -2.47. The molecule has 7 heteroatoms. The summed E-state index contributed by atoms with van der Waals surface area (Å²) in [7, 11) is 0. The van der Waals surface area contributed by atoms with Gasteiger partial charge in [0.15, 0.2) is 11.5 Å². The van der Waals surface area contributed by atoms with Gasteiger partial charge in [0.1, 0.15) is 25.4 Å². The average Bonchev–Trinajstić information content (AvgIpc) is 2.60.